The Hall–Kier alpha value is -7.20. The van der Waals surface area contributed by atoms with Crippen LogP contribution in [-0.4, -0.2) is 0 Å². The molecule has 0 N–H and O–H groups in total. The van der Waals surface area contributed by atoms with Crippen molar-refractivity contribution in [2.45, 2.75) is 19.3 Å². The van der Waals surface area contributed by atoms with Crippen molar-refractivity contribution < 1.29 is 4.42 Å². The van der Waals surface area contributed by atoms with Gasteiger partial charge in [-0.2, -0.15) is 0 Å². The van der Waals surface area contributed by atoms with Crippen LogP contribution in [0.5, 0.6) is 0 Å². The number of fused-ring (bicyclic) bond motifs is 9. The maximum absolute atomic E-state index is 6.20. The summed E-state index contributed by atoms with van der Waals surface area (Å²) >= 11 is 1.86. The minimum atomic E-state index is -0.189. The van der Waals surface area contributed by atoms with E-state index in [4.69, 9.17) is 4.42 Å². The predicted molar refractivity (Wildman–Crippen MR) is 255 cm³/mol. The summed E-state index contributed by atoms with van der Waals surface area (Å²) in [6.07, 6.45) is 0. The first-order chi connectivity index (χ1) is 29.5. The van der Waals surface area contributed by atoms with Crippen LogP contribution >= 0.6 is 11.3 Å². The van der Waals surface area contributed by atoms with E-state index in [-0.39, 0.29) is 5.41 Å². The Morgan fingerprint density at radius 1 is 0.400 bits per heavy atom. The number of thiophene rings is 1. The lowest BCUT2D eigenvalue weighted by molar-refractivity contribution is 0.660. The van der Waals surface area contributed by atoms with Crippen molar-refractivity contribution in [3.05, 3.63) is 211 Å². The summed E-state index contributed by atoms with van der Waals surface area (Å²) in [5, 5.41) is 4.80. The monoisotopic (exact) mass is 785 g/mol. The fraction of sp³-hybridized carbons (Fsp3) is 0.0526. The molecule has 0 aliphatic heterocycles. The van der Waals surface area contributed by atoms with Gasteiger partial charge in [-0.25, -0.2) is 0 Å². The minimum Gasteiger partial charge on any atom is -0.456 e. The summed E-state index contributed by atoms with van der Waals surface area (Å²) in [5.41, 5.74) is 17.7. The number of hydrogen-bond donors (Lipinski definition) is 0. The molecule has 0 bridgehead atoms. The third-order valence-electron chi connectivity index (χ3n) is 12.7. The van der Waals surface area contributed by atoms with E-state index in [0.29, 0.717) is 0 Å². The zero-order valence-electron chi connectivity index (χ0n) is 33.3. The first-order valence-electron chi connectivity index (χ1n) is 20.7. The highest BCUT2D eigenvalue weighted by molar-refractivity contribution is 7.26. The summed E-state index contributed by atoms with van der Waals surface area (Å²) in [6.45, 7) is 4.76. The first kappa shape index (κ1) is 34.8. The molecule has 0 fully saturated rings. The summed E-state index contributed by atoms with van der Waals surface area (Å²) in [4.78, 5) is 2.48. The quantitative estimate of drug-likeness (QED) is 0.167. The lowest BCUT2D eigenvalue weighted by Crippen LogP contribution is -2.16. The molecule has 1 aliphatic rings. The Balaban J connectivity index is 1.03. The average molecular weight is 786 g/mol. The number of para-hydroxylation sites is 1. The molecule has 0 saturated carbocycles. The van der Waals surface area contributed by atoms with Crippen molar-refractivity contribution in [3.8, 4) is 44.5 Å². The van der Waals surface area contributed by atoms with Crippen LogP contribution in [0.25, 0.3) is 86.6 Å². The summed E-state index contributed by atoms with van der Waals surface area (Å²) in [5.74, 6) is 0. The predicted octanol–water partition coefficient (Wildman–Crippen LogP) is 16.7. The summed E-state index contributed by atoms with van der Waals surface area (Å²) in [6, 6.07) is 73.2. The molecule has 2 heterocycles. The van der Waals surface area contributed by atoms with Gasteiger partial charge in [-0.05, 0) is 128 Å². The number of hydrogen-bond acceptors (Lipinski definition) is 3. The molecule has 0 amide bonds. The Morgan fingerprint density at radius 2 is 0.967 bits per heavy atom. The number of anilines is 3. The summed E-state index contributed by atoms with van der Waals surface area (Å²) < 4.78 is 8.74. The molecule has 60 heavy (non-hydrogen) atoms. The van der Waals surface area contributed by atoms with Crippen LogP contribution in [0.2, 0.25) is 0 Å². The third-order valence-corrected chi connectivity index (χ3v) is 13.8. The SMILES string of the molecule is CC1(C)c2cc(-c3ccccc3)ccc2-c2ccc(N(c3ccc(-c4ccccc4)cc3)c3cccc4sc5ccc(-c6ccc7oc8ccccc8c7c6)cc5c34)cc21. The third kappa shape index (κ3) is 5.47. The molecule has 0 radical (unpaired) electrons. The highest BCUT2D eigenvalue weighted by atomic mass is 32.1. The summed E-state index contributed by atoms with van der Waals surface area (Å²) in [7, 11) is 0. The largest absolute Gasteiger partial charge is 0.456 e. The molecule has 11 aromatic rings. The molecule has 0 saturated heterocycles. The van der Waals surface area contributed by atoms with Gasteiger partial charge in [0.05, 0.1) is 5.69 Å². The molecule has 0 atom stereocenters. The molecule has 284 valence electrons. The van der Waals surface area contributed by atoms with Crippen LogP contribution in [0, 0.1) is 0 Å². The lowest BCUT2D eigenvalue weighted by Gasteiger charge is -2.29. The van der Waals surface area contributed by atoms with Gasteiger partial charge >= 0.3 is 0 Å². The van der Waals surface area contributed by atoms with Crippen LogP contribution in [0.1, 0.15) is 25.0 Å². The van der Waals surface area contributed by atoms with E-state index in [9.17, 15) is 0 Å². The van der Waals surface area contributed by atoms with Gasteiger partial charge in [0.25, 0.3) is 0 Å². The molecular formula is C57H39NOS. The van der Waals surface area contributed by atoms with Gasteiger partial charge in [0.15, 0.2) is 0 Å². The fourth-order valence-corrected chi connectivity index (χ4v) is 10.7. The van der Waals surface area contributed by atoms with Crippen molar-refractivity contribution in [1.82, 2.24) is 0 Å². The van der Waals surface area contributed by atoms with Crippen LogP contribution in [0.15, 0.2) is 205 Å². The average Bonchev–Trinajstić information content (AvgIpc) is 3.94. The number of furan rings is 1. The van der Waals surface area contributed by atoms with Crippen molar-refractivity contribution in [2.24, 2.45) is 0 Å². The van der Waals surface area contributed by atoms with Crippen molar-refractivity contribution in [1.29, 1.82) is 0 Å². The van der Waals surface area contributed by atoms with E-state index in [1.54, 1.807) is 0 Å². The highest BCUT2D eigenvalue weighted by Crippen LogP contribution is 2.53. The zero-order chi connectivity index (χ0) is 40.0. The number of nitrogens with zero attached hydrogens (tertiary/aromatic N) is 1. The molecule has 3 heteroatoms. The van der Waals surface area contributed by atoms with E-state index in [2.05, 4.69) is 207 Å². The number of benzene rings is 9. The topological polar surface area (TPSA) is 16.4 Å². The van der Waals surface area contributed by atoms with E-state index in [1.807, 2.05) is 23.5 Å². The Morgan fingerprint density at radius 3 is 1.75 bits per heavy atom. The Bertz CT molecular complexity index is 3450. The van der Waals surface area contributed by atoms with Crippen LogP contribution in [-0.2, 0) is 5.41 Å². The molecule has 12 rings (SSSR count). The van der Waals surface area contributed by atoms with Gasteiger partial charge in [0, 0.05) is 47.7 Å². The van der Waals surface area contributed by atoms with E-state index in [1.165, 1.54) is 81.5 Å². The zero-order valence-corrected chi connectivity index (χ0v) is 34.1. The first-order valence-corrected chi connectivity index (χ1v) is 21.5. The van der Waals surface area contributed by atoms with Crippen LogP contribution < -0.4 is 4.90 Å². The second-order valence-electron chi connectivity index (χ2n) is 16.5. The maximum Gasteiger partial charge on any atom is 0.135 e. The normalized spacial score (nSPS) is 13.0. The molecule has 0 spiro atoms. The molecule has 0 unspecified atom stereocenters. The van der Waals surface area contributed by atoms with Crippen molar-refractivity contribution in [3.63, 3.8) is 0 Å². The van der Waals surface area contributed by atoms with Gasteiger partial charge in [0.1, 0.15) is 11.2 Å². The van der Waals surface area contributed by atoms with E-state index in [0.717, 1.165) is 33.3 Å². The number of rotatable bonds is 6. The van der Waals surface area contributed by atoms with Crippen molar-refractivity contribution in [2.75, 3.05) is 4.90 Å². The van der Waals surface area contributed by atoms with Gasteiger partial charge in [-0.1, -0.05) is 141 Å². The molecule has 1 aliphatic carbocycles. The lowest BCUT2D eigenvalue weighted by atomic mass is 9.81. The van der Waals surface area contributed by atoms with Gasteiger partial charge in [-0.3, -0.25) is 0 Å². The van der Waals surface area contributed by atoms with Gasteiger partial charge in [0.2, 0.25) is 0 Å². The maximum atomic E-state index is 6.20. The molecule has 9 aromatic carbocycles. The van der Waals surface area contributed by atoms with E-state index >= 15 is 0 Å². The Kier molecular flexibility index (Phi) is 7.79. The molecule has 2 aromatic heterocycles. The molecular weight excluding hydrogens is 747 g/mol. The van der Waals surface area contributed by atoms with Gasteiger partial charge < -0.3 is 9.32 Å². The second kappa shape index (κ2) is 13.4. The standard InChI is InChI=1S/C57H39NOS/c1-57(2)49-34-41(37-14-7-4-8-15-37)22-28-44(49)45-29-27-43(35-50(45)57)58(42-25-20-38(21-26-42)36-12-5-3-6-13-36)51-17-11-19-55-56(51)48-33-40(24-31-54(48)60-55)39-23-30-53-47(32-39)46-16-9-10-18-52(46)59-53/h3-35H,1-2H3. The van der Waals surface area contributed by atoms with Crippen LogP contribution in [0.3, 0.4) is 0 Å². The van der Waals surface area contributed by atoms with E-state index < -0.39 is 0 Å². The smallest absolute Gasteiger partial charge is 0.135 e. The Labute approximate surface area is 353 Å². The van der Waals surface area contributed by atoms with Crippen LogP contribution in [0.4, 0.5) is 17.1 Å². The van der Waals surface area contributed by atoms with Gasteiger partial charge in [-0.15, -0.1) is 11.3 Å². The van der Waals surface area contributed by atoms with Crippen molar-refractivity contribution >= 4 is 70.5 Å². The fourth-order valence-electron chi connectivity index (χ4n) is 9.62. The molecule has 2 nitrogen and oxygen atoms in total. The second-order valence-corrected chi connectivity index (χ2v) is 17.6. The minimum absolute atomic E-state index is 0.189. The highest BCUT2D eigenvalue weighted by Gasteiger charge is 2.36.